The highest BCUT2D eigenvalue weighted by atomic mass is 19.4. The third kappa shape index (κ3) is 3.01. The number of ketones is 1. The standard InChI is InChI=1S/C11H11F3N4O/c1-8(19)9(5-18-4-2-3-16-18)17-6-10(15-7-17)11(12,13)14/h2-4,6-7,9H,5H2,1H3/t9-/m0/s1. The minimum absolute atomic E-state index is 0.163. The van der Waals surface area contributed by atoms with E-state index in [0.717, 1.165) is 17.1 Å². The van der Waals surface area contributed by atoms with Gasteiger partial charge >= 0.3 is 6.18 Å². The monoisotopic (exact) mass is 272 g/mol. The number of hydrogen-bond donors (Lipinski definition) is 0. The molecule has 0 radical (unpaired) electrons. The number of rotatable bonds is 4. The fourth-order valence-electron chi connectivity index (χ4n) is 1.67. The number of Topliss-reactive ketones (excluding diaryl/α,β-unsaturated/α-hetero) is 1. The average Bonchev–Trinajstić information content (AvgIpc) is 2.95. The van der Waals surface area contributed by atoms with Gasteiger partial charge in [0.05, 0.1) is 12.9 Å². The Balaban J connectivity index is 2.25. The highest BCUT2D eigenvalue weighted by Crippen LogP contribution is 2.28. The van der Waals surface area contributed by atoms with E-state index < -0.39 is 17.9 Å². The summed E-state index contributed by atoms with van der Waals surface area (Å²) in [6.07, 6.45) is 0.496. The second-order valence-corrected chi connectivity index (χ2v) is 4.06. The van der Waals surface area contributed by atoms with E-state index in [1.165, 1.54) is 17.8 Å². The minimum atomic E-state index is -4.52. The first kappa shape index (κ1) is 13.3. The van der Waals surface area contributed by atoms with Crippen molar-refractivity contribution in [2.24, 2.45) is 0 Å². The molecule has 0 spiro atoms. The number of halogens is 3. The lowest BCUT2D eigenvalue weighted by Gasteiger charge is -2.15. The normalized spacial score (nSPS) is 13.5. The molecule has 102 valence electrons. The molecule has 0 aromatic carbocycles. The summed E-state index contributed by atoms with van der Waals surface area (Å²) in [4.78, 5) is 14.8. The molecule has 0 aliphatic heterocycles. The van der Waals surface area contributed by atoms with Gasteiger partial charge in [-0.1, -0.05) is 0 Å². The SMILES string of the molecule is CC(=O)[C@H](Cn1cccn1)n1cnc(C(F)(F)F)c1. The predicted molar refractivity (Wildman–Crippen MR) is 59.2 cm³/mol. The zero-order valence-electron chi connectivity index (χ0n) is 10.0. The molecule has 0 aliphatic rings. The van der Waals surface area contributed by atoms with E-state index in [1.807, 2.05) is 0 Å². The van der Waals surface area contributed by atoms with Gasteiger partial charge in [-0.3, -0.25) is 9.48 Å². The number of carbonyl (C=O) groups excluding carboxylic acids is 1. The van der Waals surface area contributed by atoms with Crippen LogP contribution < -0.4 is 0 Å². The summed E-state index contributed by atoms with van der Waals surface area (Å²) in [7, 11) is 0. The summed E-state index contributed by atoms with van der Waals surface area (Å²) in [5.41, 5.74) is -1.01. The largest absolute Gasteiger partial charge is 0.434 e. The van der Waals surface area contributed by atoms with Crippen molar-refractivity contribution in [3.05, 3.63) is 36.7 Å². The minimum Gasteiger partial charge on any atom is -0.324 e. The van der Waals surface area contributed by atoms with Crippen molar-refractivity contribution in [3.63, 3.8) is 0 Å². The summed E-state index contributed by atoms with van der Waals surface area (Å²) in [6, 6.07) is 0.912. The Morgan fingerprint density at radius 3 is 2.68 bits per heavy atom. The highest BCUT2D eigenvalue weighted by molar-refractivity contribution is 5.79. The lowest BCUT2D eigenvalue weighted by Crippen LogP contribution is -2.22. The van der Waals surface area contributed by atoms with Crippen LogP contribution in [0.15, 0.2) is 31.0 Å². The molecule has 0 aliphatic carbocycles. The number of aromatic nitrogens is 4. The highest BCUT2D eigenvalue weighted by Gasteiger charge is 2.34. The Labute approximate surface area is 106 Å². The van der Waals surface area contributed by atoms with Crippen LogP contribution in [0.2, 0.25) is 0 Å². The molecular weight excluding hydrogens is 261 g/mol. The van der Waals surface area contributed by atoms with Crippen molar-refractivity contribution in [1.82, 2.24) is 19.3 Å². The fraction of sp³-hybridized carbons (Fsp3) is 0.364. The van der Waals surface area contributed by atoms with Crippen molar-refractivity contribution in [3.8, 4) is 0 Å². The van der Waals surface area contributed by atoms with Crippen LogP contribution in [0, 0.1) is 0 Å². The van der Waals surface area contributed by atoms with E-state index >= 15 is 0 Å². The van der Waals surface area contributed by atoms with Crippen molar-refractivity contribution in [1.29, 1.82) is 0 Å². The second kappa shape index (κ2) is 4.87. The van der Waals surface area contributed by atoms with E-state index in [2.05, 4.69) is 10.1 Å². The smallest absolute Gasteiger partial charge is 0.324 e. The maximum atomic E-state index is 12.5. The Morgan fingerprint density at radius 2 is 2.21 bits per heavy atom. The van der Waals surface area contributed by atoms with Gasteiger partial charge in [-0.05, 0) is 13.0 Å². The summed E-state index contributed by atoms with van der Waals surface area (Å²) >= 11 is 0. The molecule has 0 saturated heterocycles. The molecule has 0 bridgehead atoms. The number of alkyl halides is 3. The van der Waals surface area contributed by atoms with Gasteiger partial charge < -0.3 is 4.57 Å². The molecule has 19 heavy (non-hydrogen) atoms. The zero-order chi connectivity index (χ0) is 14.0. The van der Waals surface area contributed by atoms with Crippen molar-refractivity contribution < 1.29 is 18.0 Å². The average molecular weight is 272 g/mol. The quantitative estimate of drug-likeness (QED) is 0.854. The van der Waals surface area contributed by atoms with Crippen LogP contribution in [0.3, 0.4) is 0 Å². The third-order valence-electron chi connectivity index (χ3n) is 2.64. The van der Waals surface area contributed by atoms with Crippen LogP contribution in [-0.4, -0.2) is 25.1 Å². The summed E-state index contributed by atoms with van der Waals surface area (Å²) in [5.74, 6) is -0.262. The van der Waals surface area contributed by atoms with Crippen LogP contribution in [0.1, 0.15) is 18.7 Å². The van der Waals surface area contributed by atoms with Gasteiger partial charge in [0.15, 0.2) is 11.5 Å². The Bertz CT molecular complexity index is 559. The van der Waals surface area contributed by atoms with Gasteiger partial charge in [-0.2, -0.15) is 18.3 Å². The third-order valence-corrected chi connectivity index (χ3v) is 2.64. The predicted octanol–water partition coefficient (Wildman–Crippen LogP) is 1.93. The van der Waals surface area contributed by atoms with Crippen LogP contribution >= 0.6 is 0 Å². The molecule has 0 N–H and O–H groups in total. The van der Waals surface area contributed by atoms with Gasteiger partial charge in [0.2, 0.25) is 0 Å². The van der Waals surface area contributed by atoms with Crippen LogP contribution in [0.4, 0.5) is 13.2 Å². The summed E-state index contributed by atoms with van der Waals surface area (Å²) < 4.78 is 40.0. The first-order valence-electron chi connectivity index (χ1n) is 5.46. The topological polar surface area (TPSA) is 52.7 Å². The van der Waals surface area contributed by atoms with E-state index in [4.69, 9.17) is 0 Å². The molecule has 8 heteroatoms. The number of hydrogen-bond acceptors (Lipinski definition) is 3. The molecular formula is C11H11F3N4O. The van der Waals surface area contributed by atoms with E-state index in [-0.39, 0.29) is 12.3 Å². The molecule has 5 nitrogen and oxygen atoms in total. The van der Waals surface area contributed by atoms with Crippen LogP contribution in [0.5, 0.6) is 0 Å². The Morgan fingerprint density at radius 1 is 1.47 bits per heavy atom. The molecule has 0 saturated carbocycles. The number of nitrogens with zero attached hydrogens (tertiary/aromatic N) is 4. The number of imidazole rings is 1. The Hall–Kier alpha value is -2.12. The second-order valence-electron chi connectivity index (χ2n) is 4.06. The zero-order valence-corrected chi connectivity index (χ0v) is 10.0. The lowest BCUT2D eigenvalue weighted by atomic mass is 10.2. The van der Waals surface area contributed by atoms with Crippen molar-refractivity contribution >= 4 is 5.78 Å². The van der Waals surface area contributed by atoms with Gasteiger partial charge in [-0.15, -0.1) is 0 Å². The van der Waals surface area contributed by atoms with E-state index in [1.54, 1.807) is 12.3 Å². The lowest BCUT2D eigenvalue weighted by molar-refractivity contribution is -0.141. The van der Waals surface area contributed by atoms with Gasteiger partial charge in [0.1, 0.15) is 6.04 Å². The molecule has 2 aromatic rings. The Kier molecular flexibility index (Phi) is 3.41. The van der Waals surface area contributed by atoms with Crippen molar-refractivity contribution in [2.45, 2.75) is 25.7 Å². The molecule has 0 fully saturated rings. The first-order chi connectivity index (χ1) is 8.88. The molecule has 0 amide bonds. The van der Waals surface area contributed by atoms with E-state index in [0.29, 0.717) is 0 Å². The molecule has 2 rings (SSSR count). The fourth-order valence-corrected chi connectivity index (χ4v) is 1.67. The molecule has 2 aromatic heterocycles. The van der Waals surface area contributed by atoms with Crippen LogP contribution in [-0.2, 0) is 17.5 Å². The summed E-state index contributed by atoms with van der Waals surface area (Å²) in [6.45, 7) is 1.48. The molecule has 2 heterocycles. The maximum absolute atomic E-state index is 12.5. The summed E-state index contributed by atoms with van der Waals surface area (Å²) in [5, 5.41) is 3.93. The van der Waals surface area contributed by atoms with Gasteiger partial charge in [-0.25, -0.2) is 4.98 Å². The van der Waals surface area contributed by atoms with Gasteiger partial charge in [0.25, 0.3) is 0 Å². The molecule has 1 atom stereocenters. The van der Waals surface area contributed by atoms with E-state index in [9.17, 15) is 18.0 Å². The first-order valence-corrected chi connectivity index (χ1v) is 5.46. The van der Waals surface area contributed by atoms with Gasteiger partial charge in [0, 0.05) is 18.6 Å². The van der Waals surface area contributed by atoms with Crippen molar-refractivity contribution in [2.75, 3.05) is 0 Å². The van der Waals surface area contributed by atoms with Crippen LogP contribution in [0.25, 0.3) is 0 Å². The number of carbonyl (C=O) groups is 1. The molecule has 0 unspecified atom stereocenters. The maximum Gasteiger partial charge on any atom is 0.434 e.